The molecular weight excluding hydrogens is 200 g/mol. The summed E-state index contributed by atoms with van der Waals surface area (Å²) in [7, 11) is 4.01. The molecule has 1 amide bonds. The van der Waals surface area contributed by atoms with Gasteiger partial charge in [-0.1, -0.05) is 18.2 Å². The molecule has 0 aliphatic rings. The van der Waals surface area contributed by atoms with E-state index in [0.29, 0.717) is 6.54 Å². The highest BCUT2D eigenvalue weighted by Gasteiger charge is 1.97. The zero-order valence-electron chi connectivity index (χ0n) is 10.0. The highest BCUT2D eigenvalue weighted by molar-refractivity contribution is 5.87. The summed E-state index contributed by atoms with van der Waals surface area (Å²) in [6, 6.07) is 8.12. The average Bonchev–Trinajstić information content (AvgIpc) is 2.27. The largest absolute Gasteiger partial charge is 0.378 e. The second kappa shape index (κ2) is 5.95. The van der Waals surface area contributed by atoms with E-state index in [1.165, 1.54) is 6.08 Å². The fraction of sp³-hybridized carbons (Fsp3) is 0.308. The van der Waals surface area contributed by atoms with Crippen LogP contribution in [0.3, 0.4) is 0 Å². The molecule has 0 atom stereocenters. The lowest BCUT2D eigenvalue weighted by Crippen LogP contribution is -2.20. The summed E-state index contributed by atoms with van der Waals surface area (Å²) in [5.41, 5.74) is 2.26. The van der Waals surface area contributed by atoms with Crippen LogP contribution in [0.4, 0.5) is 5.69 Å². The summed E-state index contributed by atoms with van der Waals surface area (Å²) in [5, 5.41) is 2.81. The minimum absolute atomic E-state index is 0.0563. The van der Waals surface area contributed by atoms with Crippen molar-refractivity contribution in [2.24, 2.45) is 0 Å². The summed E-state index contributed by atoms with van der Waals surface area (Å²) >= 11 is 0. The molecule has 0 unspecified atom stereocenters. The zero-order valence-corrected chi connectivity index (χ0v) is 10.0. The van der Waals surface area contributed by atoms with Gasteiger partial charge in [0.25, 0.3) is 0 Å². The highest BCUT2D eigenvalue weighted by atomic mass is 16.1. The molecule has 0 spiro atoms. The van der Waals surface area contributed by atoms with Crippen LogP contribution in [-0.2, 0) is 11.3 Å². The third-order valence-electron chi connectivity index (χ3n) is 2.24. The van der Waals surface area contributed by atoms with Crippen LogP contribution in [0.5, 0.6) is 0 Å². The van der Waals surface area contributed by atoms with Crippen LogP contribution in [0.2, 0.25) is 0 Å². The number of rotatable bonds is 4. The fourth-order valence-corrected chi connectivity index (χ4v) is 1.31. The molecule has 0 aliphatic carbocycles. The molecule has 3 nitrogen and oxygen atoms in total. The van der Waals surface area contributed by atoms with Gasteiger partial charge >= 0.3 is 0 Å². The maximum Gasteiger partial charge on any atom is 0.243 e. The minimum atomic E-state index is -0.0563. The summed E-state index contributed by atoms with van der Waals surface area (Å²) in [6.07, 6.45) is 3.25. The van der Waals surface area contributed by atoms with Crippen molar-refractivity contribution in [3.63, 3.8) is 0 Å². The standard InChI is InChI=1S/C13H18N2O/c1-4-5-13(16)14-10-11-6-8-12(9-7-11)15(2)3/h4-9H,10H2,1-3H3,(H,14,16)/b5-4+. The van der Waals surface area contributed by atoms with Gasteiger partial charge in [-0.15, -0.1) is 0 Å². The van der Waals surface area contributed by atoms with Crippen LogP contribution in [-0.4, -0.2) is 20.0 Å². The molecule has 86 valence electrons. The van der Waals surface area contributed by atoms with Crippen LogP contribution in [0.15, 0.2) is 36.4 Å². The number of benzene rings is 1. The molecule has 0 fully saturated rings. The van der Waals surface area contributed by atoms with E-state index < -0.39 is 0 Å². The minimum Gasteiger partial charge on any atom is -0.378 e. The van der Waals surface area contributed by atoms with Gasteiger partial charge in [0.05, 0.1) is 0 Å². The number of carbonyl (C=O) groups excluding carboxylic acids is 1. The van der Waals surface area contributed by atoms with Crippen molar-refractivity contribution in [3.8, 4) is 0 Å². The van der Waals surface area contributed by atoms with Gasteiger partial charge in [-0.3, -0.25) is 4.79 Å². The van der Waals surface area contributed by atoms with Gasteiger partial charge < -0.3 is 10.2 Å². The Morgan fingerprint density at radius 3 is 2.44 bits per heavy atom. The number of nitrogens with zero attached hydrogens (tertiary/aromatic N) is 1. The van der Waals surface area contributed by atoms with Crippen molar-refractivity contribution in [2.45, 2.75) is 13.5 Å². The van der Waals surface area contributed by atoms with Crippen molar-refractivity contribution < 1.29 is 4.79 Å². The molecule has 1 aromatic rings. The Kier molecular flexibility index (Phi) is 4.58. The molecular formula is C13H18N2O. The number of nitrogens with one attached hydrogen (secondary N) is 1. The Morgan fingerprint density at radius 2 is 1.94 bits per heavy atom. The number of carbonyl (C=O) groups is 1. The molecule has 1 rings (SSSR count). The van der Waals surface area contributed by atoms with Crippen LogP contribution in [0.25, 0.3) is 0 Å². The summed E-state index contributed by atoms with van der Waals surface area (Å²) < 4.78 is 0. The maximum atomic E-state index is 11.2. The quantitative estimate of drug-likeness (QED) is 0.783. The van der Waals surface area contributed by atoms with E-state index in [-0.39, 0.29) is 5.91 Å². The van der Waals surface area contributed by atoms with E-state index in [9.17, 15) is 4.79 Å². The Balaban J connectivity index is 2.52. The van der Waals surface area contributed by atoms with E-state index in [1.54, 1.807) is 6.08 Å². The molecule has 0 aromatic heterocycles. The van der Waals surface area contributed by atoms with E-state index in [1.807, 2.05) is 50.2 Å². The second-order valence-electron chi connectivity index (χ2n) is 3.78. The Morgan fingerprint density at radius 1 is 1.31 bits per heavy atom. The number of allylic oxidation sites excluding steroid dienone is 1. The molecule has 3 heteroatoms. The van der Waals surface area contributed by atoms with Crippen LogP contribution in [0.1, 0.15) is 12.5 Å². The average molecular weight is 218 g/mol. The lowest BCUT2D eigenvalue weighted by atomic mass is 10.2. The predicted molar refractivity (Wildman–Crippen MR) is 67.4 cm³/mol. The van der Waals surface area contributed by atoms with Crippen molar-refractivity contribution >= 4 is 11.6 Å². The smallest absolute Gasteiger partial charge is 0.243 e. The molecule has 0 aliphatic heterocycles. The van der Waals surface area contributed by atoms with Gasteiger partial charge in [-0.05, 0) is 30.7 Å². The molecule has 0 heterocycles. The lowest BCUT2D eigenvalue weighted by Gasteiger charge is -2.12. The van der Waals surface area contributed by atoms with Gasteiger partial charge in [0.2, 0.25) is 5.91 Å². The fourth-order valence-electron chi connectivity index (χ4n) is 1.31. The van der Waals surface area contributed by atoms with Crippen molar-refractivity contribution in [2.75, 3.05) is 19.0 Å². The van der Waals surface area contributed by atoms with Crippen molar-refractivity contribution in [1.82, 2.24) is 5.32 Å². The van der Waals surface area contributed by atoms with Gasteiger partial charge in [-0.2, -0.15) is 0 Å². The number of hydrogen-bond acceptors (Lipinski definition) is 2. The van der Waals surface area contributed by atoms with E-state index >= 15 is 0 Å². The van der Waals surface area contributed by atoms with Crippen LogP contribution >= 0.6 is 0 Å². The van der Waals surface area contributed by atoms with E-state index in [0.717, 1.165) is 11.3 Å². The van der Waals surface area contributed by atoms with Crippen LogP contribution in [0, 0.1) is 0 Å². The number of hydrogen-bond donors (Lipinski definition) is 1. The van der Waals surface area contributed by atoms with Gasteiger partial charge in [0, 0.05) is 26.3 Å². The normalized spacial score (nSPS) is 10.4. The second-order valence-corrected chi connectivity index (χ2v) is 3.78. The summed E-state index contributed by atoms with van der Waals surface area (Å²) in [4.78, 5) is 13.2. The third kappa shape index (κ3) is 3.77. The maximum absolute atomic E-state index is 11.2. The topological polar surface area (TPSA) is 32.3 Å². The third-order valence-corrected chi connectivity index (χ3v) is 2.24. The molecule has 0 radical (unpaired) electrons. The Hall–Kier alpha value is -1.77. The molecule has 0 saturated heterocycles. The van der Waals surface area contributed by atoms with Gasteiger partial charge in [0.1, 0.15) is 0 Å². The highest BCUT2D eigenvalue weighted by Crippen LogP contribution is 2.11. The van der Waals surface area contributed by atoms with E-state index in [2.05, 4.69) is 5.32 Å². The Bertz CT molecular complexity index is 366. The summed E-state index contributed by atoms with van der Waals surface area (Å²) in [5.74, 6) is -0.0563. The molecule has 1 aromatic carbocycles. The van der Waals surface area contributed by atoms with Crippen molar-refractivity contribution in [1.29, 1.82) is 0 Å². The molecule has 1 N–H and O–H groups in total. The monoisotopic (exact) mass is 218 g/mol. The molecule has 16 heavy (non-hydrogen) atoms. The Labute approximate surface area is 96.8 Å². The first-order valence-electron chi connectivity index (χ1n) is 5.30. The van der Waals surface area contributed by atoms with Crippen LogP contribution < -0.4 is 10.2 Å². The van der Waals surface area contributed by atoms with E-state index in [4.69, 9.17) is 0 Å². The number of amides is 1. The molecule has 0 bridgehead atoms. The number of anilines is 1. The van der Waals surface area contributed by atoms with Gasteiger partial charge in [0.15, 0.2) is 0 Å². The first kappa shape index (κ1) is 12.3. The SMILES string of the molecule is C/C=C/C(=O)NCc1ccc(N(C)C)cc1. The first-order chi connectivity index (χ1) is 7.63. The van der Waals surface area contributed by atoms with Crippen molar-refractivity contribution in [3.05, 3.63) is 42.0 Å². The molecule has 0 saturated carbocycles. The predicted octanol–water partition coefficient (Wildman–Crippen LogP) is 1.94. The van der Waals surface area contributed by atoms with Gasteiger partial charge in [-0.25, -0.2) is 0 Å². The summed E-state index contributed by atoms with van der Waals surface area (Å²) in [6.45, 7) is 2.39. The lowest BCUT2D eigenvalue weighted by molar-refractivity contribution is -0.116. The zero-order chi connectivity index (χ0) is 12.0. The first-order valence-corrected chi connectivity index (χ1v) is 5.30.